The van der Waals surface area contributed by atoms with E-state index in [1.807, 2.05) is 30.3 Å². The number of nitrogens with one attached hydrogen (secondary N) is 2. The minimum absolute atomic E-state index is 0.266. The van der Waals surface area contributed by atoms with Crippen LogP contribution in [0.5, 0.6) is 11.5 Å². The zero-order valence-electron chi connectivity index (χ0n) is 17.3. The van der Waals surface area contributed by atoms with Gasteiger partial charge in [0.2, 0.25) is 0 Å². The van der Waals surface area contributed by atoms with E-state index in [2.05, 4.69) is 15.8 Å². The molecule has 0 fully saturated rings. The van der Waals surface area contributed by atoms with E-state index < -0.39 is 17.8 Å². The molecule has 3 aromatic carbocycles. The van der Waals surface area contributed by atoms with Crippen LogP contribution in [0.25, 0.3) is 0 Å². The fourth-order valence-electron chi connectivity index (χ4n) is 2.59. The van der Waals surface area contributed by atoms with Gasteiger partial charge in [-0.2, -0.15) is 5.10 Å². The first kappa shape index (κ1) is 22.2. The molecule has 2 N–H and O–H groups in total. The number of carbonyl (C=O) groups is 3. The lowest BCUT2D eigenvalue weighted by atomic mass is 10.2. The topological polar surface area (TPSA) is 106 Å². The molecule has 162 valence electrons. The van der Waals surface area contributed by atoms with Crippen LogP contribution in [0.2, 0.25) is 0 Å². The number of nitrogens with zero attached hydrogens (tertiary/aromatic N) is 1. The first-order chi connectivity index (χ1) is 15.5. The summed E-state index contributed by atoms with van der Waals surface area (Å²) in [5.74, 6) is -0.993. The van der Waals surface area contributed by atoms with Crippen molar-refractivity contribution in [3.8, 4) is 11.5 Å². The van der Waals surface area contributed by atoms with Gasteiger partial charge in [-0.1, -0.05) is 30.3 Å². The van der Waals surface area contributed by atoms with Crippen molar-refractivity contribution in [3.63, 3.8) is 0 Å². The maximum atomic E-state index is 12.0. The average molecular weight is 431 g/mol. The van der Waals surface area contributed by atoms with Gasteiger partial charge in [0, 0.05) is 5.69 Å². The molecule has 0 aliphatic heterocycles. The Bertz CT molecular complexity index is 1110. The minimum Gasteiger partial charge on any atom is -0.462 e. The highest BCUT2D eigenvalue weighted by Crippen LogP contribution is 2.21. The summed E-state index contributed by atoms with van der Waals surface area (Å²) in [5.41, 5.74) is 3.54. The summed E-state index contributed by atoms with van der Waals surface area (Å²) in [7, 11) is 0. The number of ether oxygens (including phenoxy) is 2. The van der Waals surface area contributed by atoms with Gasteiger partial charge in [0.25, 0.3) is 0 Å². The summed E-state index contributed by atoms with van der Waals surface area (Å²) in [4.78, 5) is 35.6. The molecule has 3 rings (SSSR count). The fraction of sp³-hybridized carbons (Fsp3) is 0.0833. The van der Waals surface area contributed by atoms with Crippen molar-refractivity contribution in [1.82, 2.24) is 5.43 Å². The van der Waals surface area contributed by atoms with E-state index in [0.29, 0.717) is 28.3 Å². The summed E-state index contributed by atoms with van der Waals surface area (Å²) >= 11 is 0. The van der Waals surface area contributed by atoms with Crippen molar-refractivity contribution in [1.29, 1.82) is 0 Å². The zero-order valence-corrected chi connectivity index (χ0v) is 17.3. The summed E-state index contributed by atoms with van der Waals surface area (Å²) in [5, 5.41) is 6.24. The second-order valence-corrected chi connectivity index (χ2v) is 6.44. The van der Waals surface area contributed by atoms with E-state index in [-0.39, 0.29) is 6.61 Å². The number of amides is 2. The molecule has 0 spiro atoms. The Morgan fingerprint density at radius 1 is 0.875 bits per heavy atom. The maximum absolute atomic E-state index is 12.0. The Labute approximate surface area is 184 Å². The molecule has 0 aromatic heterocycles. The molecule has 3 aromatic rings. The highest BCUT2D eigenvalue weighted by molar-refractivity contribution is 6.39. The highest BCUT2D eigenvalue weighted by atomic mass is 16.5. The first-order valence-electron chi connectivity index (χ1n) is 9.79. The molecule has 32 heavy (non-hydrogen) atoms. The molecule has 2 amide bonds. The molecule has 0 saturated heterocycles. The van der Waals surface area contributed by atoms with Crippen LogP contribution in [0.1, 0.15) is 22.8 Å². The van der Waals surface area contributed by atoms with Gasteiger partial charge >= 0.3 is 17.8 Å². The Morgan fingerprint density at radius 2 is 1.59 bits per heavy atom. The highest BCUT2D eigenvalue weighted by Gasteiger charge is 2.13. The van der Waals surface area contributed by atoms with Crippen LogP contribution >= 0.6 is 0 Å². The molecule has 8 nitrogen and oxygen atoms in total. The van der Waals surface area contributed by atoms with Crippen LogP contribution in [0, 0.1) is 0 Å². The normalized spacial score (nSPS) is 10.4. The second-order valence-electron chi connectivity index (χ2n) is 6.44. The molecule has 8 heteroatoms. The smallest absolute Gasteiger partial charge is 0.338 e. The first-order valence-corrected chi connectivity index (χ1v) is 9.79. The minimum atomic E-state index is -0.938. The molecule has 0 aliphatic rings. The third-order valence-corrected chi connectivity index (χ3v) is 4.08. The van der Waals surface area contributed by atoms with Crippen molar-refractivity contribution in [2.75, 3.05) is 11.9 Å². The monoisotopic (exact) mass is 431 g/mol. The van der Waals surface area contributed by atoms with E-state index in [1.165, 1.54) is 30.5 Å². The van der Waals surface area contributed by atoms with Crippen LogP contribution in [-0.4, -0.2) is 30.6 Å². The van der Waals surface area contributed by atoms with Crippen molar-refractivity contribution in [3.05, 3.63) is 90.0 Å². The predicted octanol–water partition coefficient (Wildman–Crippen LogP) is 3.74. The third-order valence-electron chi connectivity index (χ3n) is 4.08. The van der Waals surface area contributed by atoms with E-state index in [1.54, 1.807) is 31.2 Å². The third kappa shape index (κ3) is 6.53. The molecule has 0 aliphatic carbocycles. The van der Waals surface area contributed by atoms with Gasteiger partial charge in [-0.15, -0.1) is 0 Å². The molecule has 0 atom stereocenters. The molecule has 0 saturated carbocycles. The number of carbonyl (C=O) groups excluding carboxylic acids is 3. The Kier molecular flexibility index (Phi) is 7.69. The van der Waals surface area contributed by atoms with Gasteiger partial charge in [0.15, 0.2) is 0 Å². The Morgan fingerprint density at radius 3 is 2.31 bits per heavy atom. The van der Waals surface area contributed by atoms with Gasteiger partial charge in [-0.3, -0.25) is 9.59 Å². The van der Waals surface area contributed by atoms with Crippen LogP contribution < -0.4 is 15.5 Å². The number of hydrogen-bond acceptors (Lipinski definition) is 6. The maximum Gasteiger partial charge on any atom is 0.338 e. The Hall–Kier alpha value is -4.46. The van der Waals surface area contributed by atoms with Crippen molar-refractivity contribution in [2.24, 2.45) is 5.10 Å². The average Bonchev–Trinajstić information content (AvgIpc) is 2.80. The molecule has 0 radical (unpaired) electrons. The van der Waals surface area contributed by atoms with Crippen molar-refractivity contribution < 1.29 is 23.9 Å². The lowest BCUT2D eigenvalue weighted by molar-refractivity contribution is -0.136. The quantitative estimate of drug-likeness (QED) is 0.257. The number of esters is 1. The molecule has 0 heterocycles. The zero-order chi connectivity index (χ0) is 22.8. The number of hydrazone groups is 1. The summed E-state index contributed by atoms with van der Waals surface area (Å²) in [6.07, 6.45) is 1.40. The predicted molar refractivity (Wildman–Crippen MR) is 120 cm³/mol. The lowest BCUT2D eigenvalue weighted by Gasteiger charge is -2.06. The van der Waals surface area contributed by atoms with E-state index in [0.717, 1.165) is 0 Å². The molecule has 0 bridgehead atoms. The van der Waals surface area contributed by atoms with Crippen LogP contribution in [0.4, 0.5) is 5.69 Å². The largest absolute Gasteiger partial charge is 0.462 e. The van der Waals surface area contributed by atoms with Gasteiger partial charge in [-0.25, -0.2) is 10.2 Å². The van der Waals surface area contributed by atoms with Gasteiger partial charge in [0.05, 0.1) is 18.4 Å². The summed E-state index contributed by atoms with van der Waals surface area (Å²) < 4.78 is 10.6. The van der Waals surface area contributed by atoms with Crippen molar-refractivity contribution in [2.45, 2.75) is 6.92 Å². The molecule has 0 unspecified atom stereocenters. The number of para-hydroxylation sites is 1. The van der Waals surface area contributed by atoms with E-state index in [9.17, 15) is 14.4 Å². The van der Waals surface area contributed by atoms with Crippen LogP contribution in [-0.2, 0) is 14.3 Å². The summed E-state index contributed by atoms with van der Waals surface area (Å²) in [6, 6.07) is 22.4. The van der Waals surface area contributed by atoms with E-state index >= 15 is 0 Å². The van der Waals surface area contributed by atoms with Gasteiger partial charge in [-0.05, 0) is 61.0 Å². The van der Waals surface area contributed by atoms with Crippen molar-refractivity contribution >= 4 is 29.7 Å². The second kappa shape index (κ2) is 11.1. The molecular formula is C24H21N3O5. The van der Waals surface area contributed by atoms with Crippen LogP contribution in [0.15, 0.2) is 84.0 Å². The molecular weight excluding hydrogens is 410 g/mol. The standard InChI is InChI=1S/C24H21N3O5/c1-2-31-24(30)18-11-13-19(14-12-18)26-22(28)23(29)27-25-16-17-7-6-10-21(15-17)32-20-8-4-3-5-9-20/h3-16H,2H2,1H3,(H,26,28)(H,27,29)/b25-16-. The van der Waals surface area contributed by atoms with Crippen LogP contribution in [0.3, 0.4) is 0 Å². The SMILES string of the molecule is CCOC(=O)c1ccc(NC(=O)C(=O)N/N=C\c2cccc(Oc3ccccc3)c2)cc1. The Balaban J connectivity index is 1.52. The van der Waals surface area contributed by atoms with Gasteiger partial charge < -0.3 is 14.8 Å². The fourth-order valence-corrected chi connectivity index (χ4v) is 2.59. The number of benzene rings is 3. The number of rotatable bonds is 7. The summed E-state index contributed by atoms with van der Waals surface area (Å²) in [6.45, 7) is 1.98. The number of hydrogen-bond donors (Lipinski definition) is 2. The van der Waals surface area contributed by atoms with E-state index in [4.69, 9.17) is 9.47 Å². The number of anilines is 1. The lowest BCUT2D eigenvalue weighted by Crippen LogP contribution is -2.32. The van der Waals surface area contributed by atoms with Gasteiger partial charge in [0.1, 0.15) is 11.5 Å².